The molecule has 0 atom stereocenters. The van der Waals surface area contributed by atoms with E-state index in [-0.39, 0.29) is 0 Å². The SMILES string of the molecule is Cc1ccc(CNCc2ccc(-c3cc(-c4ccc(CNCc5ccc(C)cc5)cc4)cc(-c4ccc(CNCc5ccc(C)cc5)cc4)c3)cc2)cc1. The molecule has 54 heavy (non-hydrogen) atoms. The van der Waals surface area contributed by atoms with Crippen LogP contribution in [0.1, 0.15) is 50.1 Å². The van der Waals surface area contributed by atoms with Crippen molar-refractivity contribution in [3.05, 3.63) is 214 Å². The molecule has 7 aromatic carbocycles. The average molecular weight is 706 g/mol. The van der Waals surface area contributed by atoms with Gasteiger partial charge in [-0.1, -0.05) is 162 Å². The summed E-state index contributed by atoms with van der Waals surface area (Å²) in [6.07, 6.45) is 0. The summed E-state index contributed by atoms with van der Waals surface area (Å²) in [4.78, 5) is 0. The lowest BCUT2D eigenvalue weighted by molar-refractivity contribution is 0.693. The number of aryl methyl sites for hydroxylation is 3. The number of hydrogen-bond donors (Lipinski definition) is 3. The van der Waals surface area contributed by atoms with Crippen LogP contribution in [0.3, 0.4) is 0 Å². The Morgan fingerprint density at radius 2 is 0.426 bits per heavy atom. The van der Waals surface area contributed by atoms with Crippen molar-refractivity contribution in [1.82, 2.24) is 16.0 Å². The fourth-order valence-corrected chi connectivity index (χ4v) is 6.74. The monoisotopic (exact) mass is 705 g/mol. The molecule has 7 aromatic rings. The lowest BCUT2D eigenvalue weighted by Gasteiger charge is -2.13. The molecule has 270 valence electrons. The fraction of sp³-hybridized carbons (Fsp3) is 0.176. The number of rotatable bonds is 15. The summed E-state index contributed by atoms with van der Waals surface area (Å²) in [5.41, 5.74) is 18.9. The van der Waals surface area contributed by atoms with Crippen LogP contribution in [0.15, 0.2) is 164 Å². The van der Waals surface area contributed by atoms with Gasteiger partial charge in [0.05, 0.1) is 0 Å². The van der Waals surface area contributed by atoms with Gasteiger partial charge < -0.3 is 16.0 Å². The minimum absolute atomic E-state index is 0.831. The summed E-state index contributed by atoms with van der Waals surface area (Å²) in [6, 6.07) is 60.3. The Balaban J connectivity index is 1.07. The van der Waals surface area contributed by atoms with Crippen LogP contribution in [0, 0.1) is 20.8 Å². The van der Waals surface area contributed by atoms with Crippen LogP contribution in [0.25, 0.3) is 33.4 Å². The lowest BCUT2D eigenvalue weighted by Crippen LogP contribution is -2.12. The number of benzene rings is 7. The molecular weight excluding hydrogens is 655 g/mol. The normalized spacial score (nSPS) is 11.2. The molecule has 0 saturated heterocycles. The summed E-state index contributed by atoms with van der Waals surface area (Å²) in [5, 5.41) is 10.8. The van der Waals surface area contributed by atoms with E-state index < -0.39 is 0 Å². The summed E-state index contributed by atoms with van der Waals surface area (Å²) in [5.74, 6) is 0. The van der Waals surface area contributed by atoms with Crippen molar-refractivity contribution in [1.29, 1.82) is 0 Å². The zero-order chi connectivity index (χ0) is 37.1. The van der Waals surface area contributed by atoms with Crippen molar-refractivity contribution in [3.8, 4) is 33.4 Å². The summed E-state index contributed by atoms with van der Waals surface area (Å²) in [7, 11) is 0. The summed E-state index contributed by atoms with van der Waals surface area (Å²) >= 11 is 0. The second-order valence-corrected chi connectivity index (χ2v) is 14.7. The Kier molecular flexibility index (Phi) is 12.2. The quantitative estimate of drug-likeness (QED) is 0.0994. The summed E-state index contributed by atoms with van der Waals surface area (Å²) in [6.45, 7) is 11.5. The molecule has 0 heterocycles. The van der Waals surface area contributed by atoms with Crippen molar-refractivity contribution in [2.45, 2.75) is 60.0 Å². The topological polar surface area (TPSA) is 36.1 Å². The molecule has 3 heteroatoms. The first-order valence-electron chi connectivity index (χ1n) is 19.2. The highest BCUT2D eigenvalue weighted by molar-refractivity contribution is 5.81. The number of nitrogens with one attached hydrogen (secondary N) is 3. The van der Waals surface area contributed by atoms with Gasteiger partial charge in [0.1, 0.15) is 0 Å². The zero-order valence-electron chi connectivity index (χ0n) is 31.8. The second kappa shape index (κ2) is 18.0. The molecule has 0 amide bonds. The Bertz CT molecular complexity index is 1940. The third kappa shape index (κ3) is 10.3. The van der Waals surface area contributed by atoms with E-state index in [2.05, 4.69) is 201 Å². The van der Waals surface area contributed by atoms with E-state index >= 15 is 0 Å². The van der Waals surface area contributed by atoms with Gasteiger partial charge in [0.2, 0.25) is 0 Å². The van der Waals surface area contributed by atoms with Crippen molar-refractivity contribution in [2.24, 2.45) is 0 Å². The Morgan fingerprint density at radius 3 is 0.630 bits per heavy atom. The summed E-state index contributed by atoms with van der Waals surface area (Å²) < 4.78 is 0. The van der Waals surface area contributed by atoms with Gasteiger partial charge in [-0.3, -0.25) is 0 Å². The van der Waals surface area contributed by atoms with Gasteiger partial charge in [0.15, 0.2) is 0 Å². The van der Waals surface area contributed by atoms with Gasteiger partial charge in [-0.15, -0.1) is 0 Å². The van der Waals surface area contributed by atoms with Crippen molar-refractivity contribution >= 4 is 0 Å². The largest absolute Gasteiger partial charge is 0.309 e. The highest BCUT2D eigenvalue weighted by Crippen LogP contribution is 2.33. The van der Waals surface area contributed by atoms with Gasteiger partial charge in [-0.25, -0.2) is 0 Å². The maximum absolute atomic E-state index is 3.60. The van der Waals surface area contributed by atoms with Crippen molar-refractivity contribution < 1.29 is 0 Å². The molecule has 0 unspecified atom stereocenters. The Labute approximate surface area is 322 Å². The van der Waals surface area contributed by atoms with Crippen molar-refractivity contribution in [3.63, 3.8) is 0 Å². The van der Waals surface area contributed by atoms with E-state index in [1.54, 1.807) is 0 Å². The molecule has 0 bridgehead atoms. The predicted molar refractivity (Wildman–Crippen MR) is 228 cm³/mol. The maximum atomic E-state index is 3.60. The Hall–Kier alpha value is -5.58. The van der Waals surface area contributed by atoms with Crippen LogP contribution in [0.5, 0.6) is 0 Å². The van der Waals surface area contributed by atoms with Crippen LogP contribution in [0.2, 0.25) is 0 Å². The van der Waals surface area contributed by atoms with Crippen LogP contribution < -0.4 is 16.0 Å². The average Bonchev–Trinajstić information content (AvgIpc) is 3.21. The van der Waals surface area contributed by atoms with Gasteiger partial charge in [-0.05, 0) is 106 Å². The van der Waals surface area contributed by atoms with E-state index in [4.69, 9.17) is 0 Å². The molecule has 0 aliphatic carbocycles. The zero-order valence-corrected chi connectivity index (χ0v) is 31.8. The third-order valence-electron chi connectivity index (χ3n) is 10.1. The highest BCUT2D eigenvalue weighted by Gasteiger charge is 2.09. The Morgan fingerprint density at radius 1 is 0.241 bits per heavy atom. The van der Waals surface area contributed by atoms with Gasteiger partial charge in [0, 0.05) is 39.3 Å². The second-order valence-electron chi connectivity index (χ2n) is 14.7. The van der Waals surface area contributed by atoms with Crippen LogP contribution >= 0.6 is 0 Å². The van der Waals surface area contributed by atoms with Gasteiger partial charge >= 0.3 is 0 Å². The molecule has 7 rings (SSSR count). The first kappa shape index (κ1) is 36.8. The van der Waals surface area contributed by atoms with Crippen LogP contribution in [-0.2, 0) is 39.3 Å². The molecule has 0 radical (unpaired) electrons. The van der Waals surface area contributed by atoms with E-state index in [1.165, 1.54) is 83.5 Å². The first-order valence-corrected chi connectivity index (χ1v) is 19.2. The lowest BCUT2D eigenvalue weighted by atomic mass is 9.92. The standard InChI is InChI=1S/C51H51N3/c1-37-4-10-40(11-5-37)31-52-34-43-16-22-46(23-17-43)49-28-50(47-24-18-44(19-25-47)35-53-32-41-12-6-38(2)7-13-41)30-51(29-49)48-26-20-45(21-27-48)36-54-33-42-14-8-39(3)9-15-42/h4-30,52-54H,31-36H2,1-3H3. The molecule has 0 spiro atoms. The van der Waals surface area contributed by atoms with Crippen LogP contribution in [0.4, 0.5) is 0 Å². The first-order chi connectivity index (χ1) is 26.4. The van der Waals surface area contributed by atoms with E-state index in [0.29, 0.717) is 0 Å². The van der Waals surface area contributed by atoms with Crippen LogP contribution in [-0.4, -0.2) is 0 Å². The van der Waals surface area contributed by atoms with E-state index in [0.717, 1.165) is 39.3 Å². The molecule has 0 aromatic heterocycles. The van der Waals surface area contributed by atoms with Gasteiger partial charge in [-0.2, -0.15) is 0 Å². The smallest absolute Gasteiger partial charge is 0.0208 e. The third-order valence-corrected chi connectivity index (χ3v) is 10.1. The highest BCUT2D eigenvalue weighted by atomic mass is 14.9. The van der Waals surface area contributed by atoms with E-state index in [1.807, 2.05) is 0 Å². The molecule has 0 aliphatic rings. The van der Waals surface area contributed by atoms with Crippen molar-refractivity contribution in [2.75, 3.05) is 0 Å². The minimum Gasteiger partial charge on any atom is -0.309 e. The number of hydrogen-bond acceptors (Lipinski definition) is 3. The molecule has 0 fully saturated rings. The minimum atomic E-state index is 0.831. The van der Waals surface area contributed by atoms with E-state index in [9.17, 15) is 0 Å². The molecule has 0 aliphatic heterocycles. The van der Waals surface area contributed by atoms with Gasteiger partial charge in [0.25, 0.3) is 0 Å². The fourth-order valence-electron chi connectivity index (χ4n) is 6.74. The predicted octanol–water partition coefficient (Wildman–Crippen LogP) is 11.5. The molecule has 3 nitrogen and oxygen atoms in total. The maximum Gasteiger partial charge on any atom is 0.0208 e. The molecule has 0 saturated carbocycles. The molecular formula is C51H51N3. The molecule has 3 N–H and O–H groups in total.